The predicted molar refractivity (Wildman–Crippen MR) is 64.7 cm³/mol. The minimum absolute atomic E-state index is 0.0945. The fraction of sp³-hybridized carbons (Fsp3) is 0.250. The van der Waals surface area contributed by atoms with Crippen LogP contribution in [0.1, 0.15) is 19.9 Å². The van der Waals surface area contributed by atoms with E-state index in [0.717, 1.165) is 11.3 Å². The Kier molecular flexibility index (Phi) is 2.91. The first-order valence-electron chi connectivity index (χ1n) is 5.38. The lowest BCUT2D eigenvalue weighted by Gasteiger charge is -2.03. The lowest BCUT2D eigenvalue weighted by molar-refractivity contribution is -0.384. The van der Waals surface area contributed by atoms with Gasteiger partial charge in [-0.25, -0.2) is 0 Å². The number of hydrogen-bond acceptors (Lipinski definition) is 3. The Balaban J connectivity index is 2.30. The van der Waals surface area contributed by atoms with Crippen LogP contribution in [0, 0.1) is 10.1 Å². The maximum absolute atomic E-state index is 10.5. The first-order valence-corrected chi connectivity index (χ1v) is 5.38. The van der Waals surface area contributed by atoms with E-state index >= 15 is 0 Å². The average Bonchev–Trinajstić information content (AvgIpc) is 2.78. The zero-order valence-corrected chi connectivity index (χ0v) is 9.70. The number of benzene rings is 1. The number of nitro benzene ring substituents is 1. The van der Waals surface area contributed by atoms with Gasteiger partial charge in [-0.3, -0.25) is 14.8 Å². The van der Waals surface area contributed by atoms with Crippen molar-refractivity contribution in [3.63, 3.8) is 0 Å². The van der Waals surface area contributed by atoms with Crippen molar-refractivity contribution in [3.8, 4) is 11.3 Å². The zero-order chi connectivity index (χ0) is 12.4. The summed E-state index contributed by atoms with van der Waals surface area (Å²) in [5, 5.41) is 14.9. The van der Waals surface area contributed by atoms with Gasteiger partial charge >= 0.3 is 0 Å². The molecule has 88 valence electrons. The monoisotopic (exact) mass is 231 g/mol. The molecular formula is C12H13N3O2. The van der Waals surface area contributed by atoms with Crippen molar-refractivity contribution in [2.45, 2.75) is 19.9 Å². The largest absolute Gasteiger partial charge is 0.270 e. The second-order valence-corrected chi connectivity index (χ2v) is 4.08. The molecule has 0 atom stereocenters. The van der Waals surface area contributed by atoms with Crippen molar-refractivity contribution < 1.29 is 4.92 Å². The highest BCUT2D eigenvalue weighted by atomic mass is 16.6. The molecule has 0 spiro atoms. The Bertz CT molecular complexity index is 529. The summed E-state index contributed by atoms with van der Waals surface area (Å²) in [7, 11) is 0. The molecule has 5 nitrogen and oxygen atoms in total. The third kappa shape index (κ3) is 2.33. The molecule has 0 radical (unpaired) electrons. The van der Waals surface area contributed by atoms with Crippen LogP contribution in [0.3, 0.4) is 0 Å². The van der Waals surface area contributed by atoms with Crippen LogP contribution >= 0.6 is 0 Å². The number of nitrogens with zero attached hydrogens (tertiary/aromatic N) is 3. The predicted octanol–water partition coefficient (Wildman–Crippen LogP) is 3.04. The van der Waals surface area contributed by atoms with Gasteiger partial charge < -0.3 is 0 Å². The molecule has 1 heterocycles. The van der Waals surface area contributed by atoms with Gasteiger partial charge in [-0.1, -0.05) is 0 Å². The normalized spacial score (nSPS) is 10.8. The van der Waals surface area contributed by atoms with Crippen LogP contribution < -0.4 is 0 Å². The van der Waals surface area contributed by atoms with Crippen molar-refractivity contribution >= 4 is 5.69 Å². The van der Waals surface area contributed by atoms with E-state index in [1.807, 2.05) is 30.8 Å². The summed E-state index contributed by atoms with van der Waals surface area (Å²) >= 11 is 0. The lowest BCUT2D eigenvalue weighted by atomic mass is 10.1. The summed E-state index contributed by atoms with van der Waals surface area (Å²) in [6, 6.07) is 8.62. The fourth-order valence-corrected chi connectivity index (χ4v) is 1.53. The minimum Gasteiger partial charge on any atom is -0.270 e. The van der Waals surface area contributed by atoms with Gasteiger partial charge in [-0.05, 0) is 32.0 Å². The van der Waals surface area contributed by atoms with Gasteiger partial charge in [0, 0.05) is 29.9 Å². The maximum atomic E-state index is 10.5. The summed E-state index contributed by atoms with van der Waals surface area (Å²) < 4.78 is 1.86. The number of nitro groups is 1. The molecule has 1 aromatic heterocycles. The fourth-order valence-electron chi connectivity index (χ4n) is 1.53. The van der Waals surface area contributed by atoms with E-state index in [2.05, 4.69) is 5.10 Å². The van der Waals surface area contributed by atoms with Crippen LogP contribution in [0.5, 0.6) is 0 Å². The highest BCUT2D eigenvalue weighted by Crippen LogP contribution is 2.21. The van der Waals surface area contributed by atoms with Gasteiger partial charge in [0.2, 0.25) is 0 Å². The van der Waals surface area contributed by atoms with Crippen LogP contribution in [-0.4, -0.2) is 14.7 Å². The molecule has 0 bridgehead atoms. The van der Waals surface area contributed by atoms with E-state index in [1.54, 1.807) is 12.1 Å². The summed E-state index contributed by atoms with van der Waals surface area (Å²) in [4.78, 5) is 10.1. The Morgan fingerprint density at radius 3 is 2.35 bits per heavy atom. The Morgan fingerprint density at radius 1 is 1.24 bits per heavy atom. The Morgan fingerprint density at radius 2 is 1.88 bits per heavy atom. The number of non-ortho nitro benzene ring substituents is 1. The van der Waals surface area contributed by atoms with E-state index in [1.165, 1.54) is 12.1 Å². The molecular weight excluding hydrogens is 218 g/mol. The van der Waals surface area contributed by atoms with Crippen molar-refractivity contribution in [1.82, 2.24) is 9.78 Å². The third-order valence-corrected chi connectivity index (χ3v) is 2.51. The molecule has 17 heavy (non-hydrogen) atoms. The first kappa shape index (κ1) is 11.3. The molecule has 0 saturated heterocycles. The topological polar surface area (TPSA) is 61.0 Å². The van der Waals surface area contributed by atoms with Crippen LogP contribution in [0.25, 0.3) is 11.3 Å². The van der Waals surface area contributed by atoms with E-state index < -0.39 is 4.92 Å². The molecule has 1 aromatic carbocycles. The molecule has 0 unspecified atom stereocenters. The van der Waals surface area contributed by atoms with Gasteiger partial charge in [0.05, 0.1) is 10.6 Å². The van der Waals surface area contributed by atoms with Crippen LogP contribution in [0.2, 0.25) is 0 Å². The van der Waals surface area contributed by atoms with E-state index in [9.17, 15) is 10.1 Å². The standard InChI is InChI=1S/C12H13N3O2/c1-9(2)14-8-7-12(13-14)10-3-5-11(6-4-10)15(16)17/h3-9H,1-2H3. The van der Waals surface area contributed by atoms with Gasteiger partial charge in [0.1, 0.15) is 0 Å². The van der Waals surface area contributed by atoms with Crippen molar-refractivity contribution in [2.75, 3.05) is 0 Å². The molecule has 0 aliphatic rings. The van der Waals surface area contributed by atoms with Gasteiger partial charge in [0.25, 0.3) is 5.69 Å². The molecule has 0 amide bonds. The molecule has 2 rings (SSSR count). The molecule has 2 aromatic rings. The molecule has 0 fully saturated rings. The smallest absolute Gasteiger partial charge is 0.269 e. The average molecular weight is 231 g/mol. The molecule has 0 aliphatic heterocycles. The second-order valence-electron chi connectivity index (χ2n) is 4.08. The lowest BCUT2D eigenvalue weighted by Crippen LogP contribution is -2.00. The number of rotatable bonds is 3. The van der Waals surface area contributed by atoms with Crippen LogP contribution in [-0.2, 0) is 0 Å². The van der Waals surface area contributed by atoms with Crippen LogP contribution in [0.4, 0.5) is 5.69 Å². The number of aromatic nitrogens is 2. The molecule has 0 saturated carbocycles. The number of hydrogen-bond donors (Lipinski definition) is 0. The van der Waals surface area contributed by atoms with Crippen molar-refractivity contribution in [2.24, 2.45) is 0 Å². The second kappa shape index (κ2) is 4.37. The van der Waals surface area contributed by atoms with Crippen molar-refractivity contribution in [1.29, 1.82) is 0 Å². The molecule has 5 heteroatoms. The summed E-state index contributed by atoms with van der Waals surface area (Å²) in [6.07, 6.45) is 1.90. The zero-order valence-electron chi connectivity index (χ0n) is 9.70. The maximum Gasteiger partial charge on any atom is 0.269 e. The van der Waals surface area contributed by atoms with Crippen molar-refractivity contribution in [3.05, 3.63) is 46.6 Å². The SMILES string of the molecule is CC(C)n1ccc(-c2ccc([N+](=O)[O-])cc2)n1. The summed E-state index contributed by atoms with van der Waals surface area (Å²) in [6.45, 7) is 4.10. The molecule has 0 N–H and O–H groups in total. The van der Waals surface area contributed by atoms with Gasteiger partial charge in [-0.15, -0.1) is 0 Å². The Labute approximate surface area is 98.8 Å². The minimum atomic E-state index is -0.406. The van der Waals surface area contributed by atoms with Gasteiger partial charge in [0.15, 0.2) is 0 Å². The highest BCUT2D eigenvalue weighted by Gasteiger charge is 2.07. The highest BCUT2D eigenvalue weighted by molar-refractivity contribution is 5.60. The van der Waals surface area contributed by atoms with Crippen LogP contribution in [0.15, 0.2) is 36.5 Å². The Hall–Kier alpha value is -2.17. The first-order chi connectivity index (χ1) is 8.08. The molecule has 0 aliphatic carbocycles. The summed E-state index contributed by atoms with van der Waals surface area (Å²) in [5.41, 5.74) is 1.81. The van der Waals surface area contributed by atoms with E-state index in [4.69, 9.17) is 0 Å². The summed E-state index contributed by atoms with van der Waals surface area (Å²) in [5.74, 6) is 0. The third-order valence-electron chi connectivity index (χ3n) is 2.51. The quantitative estimate of drug-likeness (QED) is 0.602. The van der Waals surface area contributed by atoms with E-state index in [0.29, 0.717) is 6.04 Å². The van der Waals surface area contributed by atoms with Gasteiger partial charge in [-0.2, -0.15) is 5.10 Å². The van der Waals surface area contributed by atoms with E-state index in [-0.39, 0.29) is 5.69 Å².